The molecule has 3 heterocycles. The molecule has 3 nitrogen and oxygen atoms in total. The van der Waals surface area contributed by atoms with Crippen molar-refractivity contribution in [2.75, 3.05) is 18.1 Å². The molecule has 2 aliphatic heterocycles. The third-order valence-corrected chi connectivity index (χ3v) is 4.34. The van der Waals surface area contributed by atoms with Crippen molar-refractivity contribution in [1.29, 1.82) is 0 Å². The van der Waals surface area contributed by atoms with Crippen LogP contribution in [0.1, 0.15) is 24.2 Å². The van der Waals surface area contributed by atoms with Crippen LogP contribution < -0.4 is 5.32 Å². The molecule has 1 saturated heterocycles. The van der Waals surface area contributed by atoms with Crippen LogP contribution in [0, 0.1) is 0 Å². The SMILES string of the molecule is c1nc2c([nH]1)CCNC21CCSCC1. The Morgan fingerprint density at radius 1 is 1.36 bits per heavy atom. The van der Waals surface area contributed by atoms with Gasteiger partial charge in [-0.15, -0.1) is 0 Å². The lowest BCUT2D eigenvalue weighted by Crippen LogP contribution is -2.49. The van der Waals surface area contributed by atoms with E-state index in [1.165, 1.54) is 35.7 Å². The van der Waals surface area contributed by atoms with Crippen LogP contribution >= 0.6 is 11.8 Å². The number of imidazole rings is 1. The third kappa shape index (κ3) is 1.21. The third-order valence-electron chi connectivity index (χ3n) is 3.36. The van der Waals surface area contributed by atoms with Gasteiger partial charge in [-0.1, -0.05) is 0 Å². The minimum Gasteiger partial charge on any atom is -0.348 e. The summed E-state index contributed by atoms with van der Waals surface area (Å²) in [5.41, 5.74) is 2.86. The molecule has 0 saturated carbocycles. The number of fused-ring (bicyclic) bond motifs is 2. The van der Waals surface area contributed by atoms with Crippen molar-refractivity contribution >= 4 is 11.8 Å². The molecular weight excluding hydrogens is 194 g/mol. The molecule has 1 spiro atoms. The molecule has 0 atom stereocenters. The Morgan fingerprint density at radius 2 is 2.21 bits per heavy atom. The van der Waals surface area contributed by atoms with Crippen LogP contribution in [-0.2, 0) is 12.0 Å². The Bertz CT molecular complexity index is 328. The maximum atomic E-state index is 4.51. The summed E-state index contributed by atoms with van der Waals surface area (Å²) in [7, 11) is 0. The van der Waals surface area contributed by atoms with E-state index in [9.17, 15) is 0 Å². The van der Waals surface area contributed by atoms with Gasteiger partial charge in [0.25, 0.3) is 0 Å². The van der Waals surface area contributed by atoms with E-state index in [-0.39, 0.29) is 5.54 Å². The maximum Gasteiger partial charge on any atom is 0.0926 e. The first-order valence-corrected chi connectivity index (χ1v) is 6.42. The lowest BCUT2D eigenvalue weighted by Gasteiger charge is -2.40. The number of rotatable bonds is 0. The molecule has 2 N–H and O–H groups in total. The van der Waals surface area contributed by atoms with Gasteiger partial charge in [0, 0.05) is 18.7 Å². The number of nitrogens with zero attached hydrogens (tertiary/aromatic N) is 1. The highest BCUT2D eigenvalue weighted by Crippen LogP contribution is 2.38. The van der Waals surface area contributed by atoms with Gasteiger partial charge in [0.2, 0.25) is 0 Å². The van der Waals surface area contributed by atoms with Gasteiger partial charge in [0.15, 0.2) is 0 Å². The molecule has 4 heteroatoms. The number of hydrogen-bond donors (Lipinski definition) is 2. The number of nitrogens with one attached hydrogen (secondary N) is 2. The first kappa shape index (κ1) is 8.80. The van der Waals surface area contributed by atoms with Crippen molar-refractivity contribution in [1.82, 2.24) is 15.3 Å². The molecule has 0 aliphatic carbocycles. The highest BCUT2D eigenvalue weighted by Gasteiger charge is 2.39. The van der Waals surface area contributed by atoms with Crippen molar-refractivity contribution in [3.8, 4) is 0 Å². The molecule has 3 rings (SSSR count). The molecule has 1 fully saturated rings. The number of aromatic amines is 1. The van der Waals surface area contributed by atoms with Crippen molar-refractivity contribution in [3.63, 3.8) is 0 Å². The Balaban J connectivity index is 2.01. The lowest BCUT2D eigenvalue weighted by atomic mass is 9.84. The van der Waals surface area contributed by atoms with E-state index in [1.54, 1.807) is 0 Å². The first-order valence-electron chi connectivity index (χ1n) is 5.26. The second-order valence-corrected chi connectivity index (χ2v) is 5.33. The Hall–Kier alpha value is -0.480. The average Bonchev–Trinajstić information content (AvgIpc) is 2.69. The molecule has 14 heavy (non-hydrogen) atoms. The predicted molar refractivity (Wildman–Crippen MR) is 58.5 cm³/mol. The Kier molecular flexibility index (Phi) is 2.06. The largest absolute Gasteiger partial charge is 0.348 e. The maximum absolute atomic E-state index is 4.51. The highest BCUT2D eigenvalue weighted by atomic mass is 32.2. The van der Waals surface area contributed by atoms with Crippen LogP contribution in [0.3, 0.4) is 0 Å². The standard InChI is InChI=1S/C10H15N3S/c1-4-13-10(2-5-14-6-3-10)9-8(1)11-7-12-9/h7,13H,1-6H2,(H,11,12). The summed E-state index contributed by atoms with van der Waals surface area (Å²) in [4.78, 5) is 7.78. The summed E-state index contributed by atoms with van der Waals surface area (Å²) in [5, 5.41) is 3.68. The van der Waals surface area contributed by atoms with Gasteiger partial charge >= 0.3 is 0 Å². The molecule has 0 aromatic carbocycles. The normalized spacial score (nSPS) is 24.9. The van der Waals surface area contributed by atoms with E-state index in [1.807, 2.05) is 6.33 Å². The van der Waals surface area contributed by atoms with Crippen molar-refractivity contribution in [2.24, 2.45) is 0 Å². The minimum atomic E-state index is 0.207. The fourth-order valence-electron chi connectivity index (χ4n) is 2.57. The molecule has 0 amide bonds. The van der Waals surface area contributed by atoms with Crippen LogP contribution in [-0.4, -0.2) is 28.0 Å². The number of aromatic nitrogens is 2. The average molecular weight is 209 g/mol. The summed E-state index contributed by atoms with van der Waals surface area (Å²) < 4.78 is 0. The summed E-state index contributed by atoms with van der Waals surface area (Å²) in [6, 6.07) is 0. The van der Waals surface area contributed by atoms with E-state index >= 15 is 0 Å². The van der Waals surface area contributed by atoms with Crippen molar-refractivity contribution in [2.45, 2.75) is 24.8 Å². The topological polar surface area (TPSA) is 40.7 Å². The Labute approximate surface area is 88.1 Å². The predicted octanol–water partition coefficient (Wildman–Crippen LogP) is 1.28. The minimum absolute atomic E-state index is 0.207. The molecule has 1 aromatic heterocycles. The fraction of sp³-hybridized carbons (Fsp3) is 0.700. The molecule has 0 radical (unpaired) electrons. The fourth-order valence-corrected chi connectivity index (χ4v) is 3.76. The first-order chi connectivity index (χ1) is 6.91. The zero-order chi connectivity index (χ0) is 9.43. The van der Waals surface area contributed by atoms with Gasteiger partial charge in [0.1, 0.15) is 0 Å². The summed E-state index contributed by atoms with van der Waals surface area (Å²) >= 11 is 2.06. The monoisotopic (exact) mass is 209 g/mol. The van der Waals surface area contributed by atoms with Gasteiger partial charge in [-0.2, -0.15) is 11.8 Å². The van der Waals surface area contributed by atoms with Crippen LogP contribution in [0.2, 0.25) is 0 Å². The second kappa shape index (κ2) is 3.28. The van der Waals surface area contributed by atoms with Gasteiger partial charge < -0.3 is 10.3 Å². The molecular formula is C10H15N3S. The number of hydrogen-bond acceptors (Lipinski definition) is 3. The Morgan fingerprint density at radius 3 is 3.07 bits per heavy atom. The smallest absolute Gasteiger partial charge is 0.0926 e. The summed E-state index contributed by atoms with van der Waals surface area (Å²) in [6.45, 7) is 1.10. The number of thioether (sulfide) groups is 1. The van der Waals surface area contributed by atoms with Crippen molar-refractivity contribution in [3.05, 3.63) is 17.7 Å². The quantitative estimate of drug-likeness (QED) is 0.676. The molecule has 76 valence electrons. The molecule has 2 aliphatic rings. The molecule has 0 bridgehead atoms. The summed E-state index contributed by atoms with van der Waals surface area (Å²) in [6.07, 6.45) is 5.41. The van der Waals surface area contributed by atoms with E-state index < -0.39 is 0 Å². The van der Waals surface area contributed by atoms with E-state index in [4.69, 9.17) is 0 Å². The number of H-pyrrole nitrogens is 1. The molecule has 0 unspecified atom stereocenters. The van der Waals surface area contributed by atoms with E-state index in [2.05, 4.69) is 27.0 Å². The summed E-state index contributed by atoms with van der Waals surface area (Å²) in [5.74, 6) is 2.53. The lowest BCUT2D eigenvalue weighted by molar-refractivity contribution is 0.283. The van der Waals surface area contributed by atoms with Crippen molar-refractivity contribution < 1.29 is 0 Å². The van der Waals surface area contributed by atoms with Gasteiger partial charge in [-0.3, -0.25) is 0 Å². The van der Waals surface area contributed by atoms with Crippen LogP contribution in [0.25, 0.3) is 0 Å². The zero-order valence-corrected chi connectivity index (χ0v) is 8.99. The zero-order valence-electron chi connectivity index (χ0n) is 8.18. The van der Waals surface area contributed by atoms with Crippen LogP contribution in [0.5, 0.6) is 0 Å². The van der Waals surface area contributed by atoms with Crippen LogP contribution in [0.15, 0.2) is 6.33 Å². The second-order valence-electron chi connectivity index (χ2n) is 4.10. The van der Waals surface area contributed by atoms with Gasteiger partial charge in [0.05, 0.1) is 17.6 Å². The highest BCUT2D eigenvalue weighted by molar-refractivity contribution is 7.99. The van der Waals surface area contributed by atoms with Gasteiger partial charge in [-0.25, -0.2) is 4.98 Å². The van der Waals surface area contributed by atoms with Crippen LogP contribution in [0.4, 0.5) is 0 Å². The van der Waals surface area contributed by atoms with E-state index in [0.717, 1.165) is 13.0 Å². The van der Waals surface area contributed by atoms with Gasteiger partial charge in [-0.05, 0) is 24.3 Å². The molecule has 1 aromatic rings. The van der Waals surface area contributed by atoms with E-state index in [0.29, 0.717) is 0 Å².